The summed E-state index contributed by atoms with van der Waals surface area (Å²) in [5, 5.41) is 36.3. The fourth-order valence-corrected chi connectivity index (χ4v) is 4.72. The Balaban J connectivity index is 1.57. The minimum Gasteiger partial charge on any atom is -0.507 e. The molecule has 1 unspecified atom stereocenters. The van der Waals surface area contributed by atoms with Crippen molar-refractivity contribution >= 4 is 16.9 Å². The van der Waals surface area contributed by atoms with Gasteiger partial charge in [-0.1, -0.05) is 37.6 Å². The van der Waals surface area contributed by atoms with Crippen molar-refractivity contribution in [2.24, 2.45) is 0 Å². The third-order valence-electron chi connectivity index (χ3n) is 6.69. The summed E-state index contributed by atoms with van der Waals surface area (Å²) in [4.78, 5) is 12.3. The van der Waals surface area contributed by atoms with Crippen molar-refractivity contribution in [2.45, 2.75) is 51.8 Å². The smallest absolute Gasteiger partial charge is 0.338 e. The van der Waals surface area contributed by atoms with Gasteiger partial charge in [0.15, 0.2) is 0 Å². The molecule has 4 aromatic rings. The molecule has 4 rings (SSSR count). The molecule has 0 saturated heterocycles. The molecule has 0 aliphatic carbocycles. The summed E-state index contributed by atoms with van der Waals surface area (Å²) >= 11 is 0. The number of phenols is 2. The van der Waals surface area contributed by atoms with Gasteiger partial charge in [-0.3, -0.25) is 0 Å². The van der Waals surface area contributed by atoms with Crippen molar-refractivity contribution in [1.82, 2.24) is 9.88 Å². The van der Waals surface area contributed by atoms with E-state index >= 15 is 0 Å². The Morgan fingerprint density at radius 1 is 1.03 bits per heavy atom. The van der Waals surface area contributed by atoms with E-state index < -0.39 is 12.1 Å². The van der Waals surface area contributed by atoms with Gasteiger partial charge in [-0.25, -0.2) is 4.79 Å². The van der Waals surface area contributed by atoms with Gasteiger partial charge in [0.1, 0.15) is 18.1 Å². The number of nitrogens with zero attached hydrogens (tertiary/aromatic N) is 1. The number of unbranched alkanes of at least 4 members (excludes halogenated alkanes) is 1. The van der Waals surface area contributed by atoms with E-state index in [9.17, 15) is 20.1 Å². The summed E-state index contributed by atoms with van der Waals surface area (Å²) in [5.74, 6) is -0.338. The van der Waals surface area contributed by atoms with Crippen LogP contribution in [0.3, 0.4) is 0 Å². The Labute approximate surface area is 223 Å². The third-order valence-corrected chi connectivity index (χ3v) is 6.69. The monoisotopic (exact) mass is 516 g/mol. The zero-order chi connectivity index (χ0) is 27.1. The second-order valence-corrected chi connectivity index (χ2v) is 9.70. The van der Waals surface area contributed by atoms with E-state index in [1.54, 1.807) is 36.4 Å². The number of aromatic hydroxyl groups is 2. The molecule has 1 atom stereocenters. The largest absolute Gasteiger partial charge is 0.507 e. The molecule has 0 aliphatic rings. The van der Waals surface area contributed by atoms with Crippen LogP contribution >= 0.6 is 0 Å². The van der Waals surface area contributed by atoms with Gasteiger partial charge in [-0.05, 0) is 73.0 Å². The molecule has 0 aliphatic heterocycles. The molecule has 4 N–H and O–H groups in total. The number of aliphatic hydroxyl groups is 1. The van der Waals surface area contributed by atoms with Gasteiger partial charge in [-0.15, -0.1) is 0 Å². The second-order valence-electron chi connectivity index (χ2n) is 9.70. The number of ether oxygens (including phenoxy) is 1. The fraction of sp³-hybridized carbons (Fsp3) is 0.323. The topological polar surface area (TPSA) is 104 Å². The first-order valence-corrected chi connectivity index (χ1v) is 13.1. The molecular formula is C31H36N2O5. The molecule has 0 amide bonds. The Morgan fingerprint density at radius 3 is 2.45 bits per heavy atom. The van der Waals surface area contributed by atoms with Crippen LogP contribution in [-0.2, 0) is 30.7 Å². The van der Waals surface area contributed by atoms with Crippen molar-refractivity contribution in [3.8, 4) is 11.5 Å². The lowest BCUT2D eigenvalue weighted by Gasteiger charge is -2.12. The minimum absolute atomic E-state index is 0.0687. The van der Waals surface area contributed by atoms with E-state index in [0.717, 1.165) is 46.9 Å². The first kappa shape index (κ1) is 27.2. The zero-order valence-electron chi connectivity index (χ0n) is 22.0. The van der Waals surface area contributed by atoms with Crippen molar-refractivity contribution < 1.29 is 24.9 Å². The highest BCUT2D eigenvalue weighted by molar-refractivity contribution is 5.89. The van der Waals surface area contributed by atoms with Gasteiger partial charge in [0.25, 0.3) is 0 Å². The van der Waals surface area contributed by atoms with Crippen molar-refractivity contribution in [3.63, 3.8) is 0 Å². The number of nitrogens with one attached hydrogen (secondary N) is 1. The van der Waals surface area contributed by atoms with Crippen LogP contribution in [0.1, 0.15) is 52.4 Å². The molecule has 1 aromatic heterocycles. The lowest BCUT2D eigenvalue weighted by atomic mass is 10.0. The first-order valence-electron chi connectivity index (χ1n) is 13.1. The minimum atomic E-state index is -0.894. The SMILES string of the molecule is CCCCc1cc(O)c(Cn2cc(CC(O)COC(=O)c3ccccc3)c3cc(CNC)ccc32)c(O)c1. The predicted molar refractivity (Wildman–Crippen MR) is 149 cm³/mol. The van der Waals surface area contributed by atoms with E-state index in [2.05, 4.69) is 18.3 Å². The van der Waals surface area contributed by atoms with E-state index in [1.165, 1.54) is 0 Å². The Kier molecular flexibility index (Phi) is 9.05. The van der Waals surface area contributed by atoms with Gasteiger partial charge < -0.3 is 29.9 Å². The Morgan fingerprint density at radius 2 is 1.76 bits per heavy atom. The molecule has 0 spiro atoms. The molecular weight excluding hydrogens is 480 g/mol. The van der Waals surface area contributed by atoms with Crippen LogP contribution in [0.2, 0.25) is 0 Å². The standard InChI is InChI=1S/C31H36N2O5/c1-3-4-8-21-14-29(35)27(30(36)15-21)19-33-18-24(26-13-22(17-32-2)11-12-28(26)33)16-25(34)20-38-31(37)23-9-6-5-7-10-23/h5-7,9-15,18,25,32,34-36H,3-4,8,16-17,19-20H2,1-2H3. The molecule has 0 radical (unpaired) electrons. The molecule has 0 fully saturated rings. The van der Waals surface area contributed by atoms with Crippen molar-refractivity contribution in [2.75, 3.05) is 13.7 Å². The van der Waals surface area contributed by atoms with Gasteiger partial charge >= 0.3 is 5.97 Å². The summed E-state index contributed by atoms with van der Waals surface area (Å²) < 4.78 is 7.31. The van der Waals surface area contributed by atoms with Crippen LogP contribution in [0, 0.1) is 0 Å². The van der Waals surface area contributed by atoms with E-state index in [1.807, 2.05) is 36.0 Å². The molecule has 1 heterocycles. The number of fused-ring (bicyclic) bond motifs is 1. The lowest BCUT2D eigenvalue weighted by molar-refractivity contribution is 0.0259. The van der Waals surface area contributed by atoms with Crippen molar-refractivity contribution in [3.05, 3.63) is 94.7 Å². The molecule has 7 heteroatoms. The molecule has 38 heavy (non-hydrogen) atoms. The van der Waals surface area contributed by atoms with Crippen molar-refractivity contribution in [1.29, 1.82) is 0 Å². The summed E-state index contributed by atoms with van der Waals surface area (Å²) in [5.41, 5.74) is 4.70. The predicted octanol–water partition coefficient (Wildman–Crippen LogP) is 4.92. The maximum absolute atomic E-state index is 12.3. The molecule has 0 bridgehead atoms. The number of phenolic OH excluding ortho intramolecular Hbond substituents is 2. The van der Waals surface area contributed by atoms with Gasteiger partial charge in [0.2, 0.25) is 0 Å². The summed E-state index contributed by atoms with van der Waals surface area (Å²) in [6.45, 7) is 2.94. The van der Waals surface area contributed by atoms with Crippen LogP contribution in [0.25, 0.3) is 10.9 Å². The number of carbonyl (C=O) groups excluding carboxylic acids is 1. The maximum Gasteiger partial charge on any atom is 0.338 e. The summed E-state index contributed by atoms with van der Waals surface area (Å²) in [6.07, 6.45) is 4.14. The number of hydrogen-bond donors (Lipinski definition) is 4. The first-order chi connectivity index (χ1) is 18.4. The number of aliphatic hydroxyl groups excluding tert-OH is 1. The normalized spacial score (nSPS) is 12.1. The highest BCUT2D eigenvalue weighted by atomic mass is 16.5. The molecule has 200 valence electrons. The van der Waals surface area contributed by atoms with Crippen LogP contribution in [0.5, 0.6) is 11.5 Å². The van der Waals surface area contributed by atoms with Crippen LogP contribution in [0.15, 0.2) is 66.9 Å². The zero-order valence-corrected chi connectivity index (χ0v) is 22.0. The number of aromatic nitrogens is 1. The van der Waals surface area contributed by atoms with Crippen LogP contribution < -0.4 is 5.32 Å². The average Bonchev–Trinajstić information content (AvgIpc) is 3.24. The number of esters is 1. The lowest BCUT2D eigenvalue weighted by Crippen LogP contribution is -2.21. The van der Waals surface area contributed by atoms with Gasteiger partial charge in [0.05, 0.1) is 23.8 Å². The van der Waals surface area contributed by atoms with Gasteiger partial charge in [-0.2, -0.15) is 0 Å². The number of carbonyl (C=O) groups is 1. The quantitative estimate of drug-likeness (QED) is 0.199. The fourth-order valence-electron chi connectivity index (χ4n) is 4.72. The number of hydrogen-bond acceptors (Lipinski definition) is 6. The summed E-state index contributed by atoms with van der Waals surface area (Å²) in [6, 6.07) is 18.3. The Hall–Kier alpha value is -3.81. The number of aryl methyl sites for hydroxylation is 1. The number of benzene rings is 3. The molecule has 3 aromatic carbocycles. The summed E-state index contributed by atoms with van der Waals surface area (Å²) in [7, 11) is 1.89. The highest BCUT2D eigenvalue weighted by Crippen LogP contribution is 2.33. The van der Waals surface area contributed by atoms with Crippen LogP contribution in [-0.4, -0.2) is 45.6 Å². The van der Waals surface area contributed by atoms with Crippen LogP contribution in [0.4, 0.5) is 0 Å². The van der Waals surface area contributed by atoms with Gasteiger partial charge in [0, 0.05) is 30.1 Å². The van der Waals surface area contributed by atoms with E-state index in [4.69, 9.17) is 4.74 Å². The molecule has 0 saturated carbocycles. The van der Waals surface area contributed by atoms with E-state index in [0.29, 0.717) is 17.7 Å². The second kappa shape index (κ2) is 12.6. The van der Waals surface area contributed by atoms with E-state index in [-0.39, 0.29) is 31.1 Å². The maximum atomic E-state index is 12.3. The Bertz CT molecular complexity index is 1360. The molecule has 7 nitrogen and oxygen atoms in total. The average molecular weight is 517 g/mol. The third kappa shape index (κ3) is 6.54. The number of rotatable bonds is 12. The highest BCUT2D eigenvalue weighted by Gasteiger charge is 2.18.